The molecule has 1 aromatic heterocycles. The molecule has 3 atom stereocenters. The van der Waals surface area contributed by atoms with E-state index in [1.165, 1.54) is 31.4 Å². The quantitative estimate of drug-likeness (QED) is 0.210. The number of methoxy groups -OCH3 is 1. The minimum atomic E-state index is -4.02. The van der Waals surface area contributed by atoms with Crippen molar-refractivity contribution in [3.8, 4) is 5.88 Å². The lowest BCUT2D eigenvalue weighted by atomic mass is 9.89. The summed E-state index contributed by atoms with van der Waals surface area (Å²) in [6.07, 6.45) is 0.718. The van der Waals surface area contributed by atoms with Gasteiger partial charge in [0.15, 0.2) is 0 Å². The molecular formula is C33H34ClFN4O5S. The number of benzene rings is 3. The Bertz CT molecular complexity index is 1710. The molecule has 2 unspecified atom stereocenters. The van der Waals surface area contributed by atoms with Crippen LogP contribution in [0.1, 0.15) is 35.4 Å². The van der Waals surface area contributed by atoms with Gasteiger partial charge in [0, 0.05) is 60.0 Å². The van der Waals surface area contributed by atoms with Crippen LogP contribution in [-0.4, -0.2) is 61.2 Å². The molecule has 236 valence electrons. The maximum atomic E-state index is 15.2. The minimum absolute atomic E-state index is 0.0351. The van der Waals surface area contributed by atoms with Gasteiger partial charge in [0.2, 0.25) is 21.8 Å². The summed E-state index contributed by atoms with van der Waals surface area (Å²) < 4.78 is 48.5. The Labute approximate surface area is 267 Å². The molecule has 0 aliphatic carbocycles. The molecule has 4 aromatic rings. The van der Waals surface area contributed by atoms with Gasteiger partial charge < -0.3 is 20.5 Å². The van der Waals surface area contributed by atoms with Crippen LogP contribution in [0.4, 0.5) is 10.1 Å². The number of halogens is 2. The Hall–Kier alpha value is -3.87. The normalized spacial score (nSPS) is 17.9. The second-order valence-electron chi connectivity index (χ2n) is 10.7. The topological polar surface area (TPSA) is 121 Å². The number of hydrogen-bond acceptors (Lipinski definition) is 7. The van der Waals surface area contributed by atoms with Crippen LogP contribution in [0.15, 0.2) is 96.0 Å². The molecule has 3 N–H and O–H groups in total. The average Bonchev–Trinajstić information content (AvgIpc) is 3.04. The third kappa shape index (κ3) is 7.69. The molecule has 45 heavy (non-hydrogen) atoms. The van der Waals surface area contributed by atoms with Crippen molar-refractivity contribution >= 4 is 33.2 Å². The van der Waals surface area contributed by atoms with Gasteiger partial charge in [-0.1, -0.05) is 54.1 Å². The van der Waals surface area contributed by atoms with Crippen LogP contribution in [0.25, 0.3) is 0 Å². The molecular weight excluding hydrogens is 619 g/mol. The number of carbonyl (C=O) groups is 1. The zero-order valence-electron chi connectivity index (χ0n) is 24.6. The number of nitrogens with zero attached hydrogens (tertiary/aromatic N) is 2. The van der Waals surface area contributed by atoms with E-state index >= 15 is 4.39 Å². The highest BCUT2D eigenvalue weighted by molar-refractivity contribution is 7.89. The number of rotatable bonds is 11. The molecule has 0 saturated carbocycles. The molecule has 1 saturated heterocycles. The van der Waals surface area contributed by atoms with Gasteiger partial charge in [0.05, 0.1) is 12.0 Å². The lowest BCUT2D eigenvalue weighted by Crippen LogP contribution is -2.59. The van der Waals surface area contributed by atoms with Crippen LogP contribution in [0.5, 0.6) is 5.88 Å². The van der Waals surface area contributed by atoms with E-state index in [9.17, 15) is 18.3 Å². The highest BCUT2D eigenvalue weighted by Crippen LogP contribution is 2.31. The Kier molecular flexibility index (Phi) is 10.5. The maximum Gasteiger partial charge on any atom is 0.245 e. The van der Waals surface area contributed by atoms with Gasteiger partial charge in [0.25, 0.3) is 0 Å². The zero-order chi connectivity index (χ0) is 32.0. The first-order valence-electron chi connectivity index (χ1n) is 14.5. The number of aromatic nitrogens is 1. The van der Waals surface area contributed by atoms with Gasteiger partial charge in [-0.05, 0) is 60.4 Å². The predicted molar refractivity (Wildman–Crippen MR) is 170 cm³/mol. The van der Waals surface area contributed by atoms with E-state index in [1.54, 1.807) is 48.7 Å². The summed E-state index contributed by atoms with van der Waals surface area (Å²) >= 11 is 6.11. The van der Waals surface area contributed by atoms with Crippen LogP contribution in [0.2, 0.25) is 5.02 Å². The van der Waals surface area contributed by atoms with Crippen molar-refractivity contribution in [1.29, 1.82) is 0 Å². The van der Waals surface area contributed by atoms with E-state index in [2.05, 4.69) is 15.6 Å². The van der Waals surface area contributed by atoms with Gasteiger partial charge in [-0.2, -0.15) is 4.31 Å². The second-order valence-corrected chi connectivity index (χ2v) is 13.0. The number of ether oxygens (including phenoxy) is 1. The molecule has 12 heteroatoms. The molecule has 9 nitrogen and oxygen atoms in total. The van der Waals surface area contributed by atoms with Gasteiger partial charge in [-0.3, -0.25) is 4.79 Å². The fourth-order valence-electron chi connectivity index (χ4n) is 5.57. The fourth-order valence-corrected chi connectivity index (χ4v) is 7.41. The SMILES string of the molecule is COc1ccc(C(CC(=O)Nc2cccc(F)c2CCC2CNC[C@H](O)N2S(=O)(=O)c2ccccc2)c2ccc(Cl)cc2)cn1. The lowest BCUT2D eigenvalue weighted by Gasteiger charge is -2.39. The molecule has 1 fully saturated rings. The summed E-state index contributed by atoms with van der Waals surface area (Å²) in [5, 5.41) is 17.2. The number of sulfonamides is 1. The summed E-state index contributed by atoms with van der Waals surface area (Å²) in [4.78, 5) is 17.8. The largest absolute Gasteiger partial charge is 0.481 e. The third-order valence-electron chi connectivity index (χ3n) is 7.83. The van der Waals surface area contributed by atoms with Crippen LogP contribution in [0.3, 0.4) is 0 Å². The van der Waals surface area contributed by atoms with Gasteiger partial charge >= 0.3 is 0 Å². The summed E-state index contributed by atoms with van der Waals surface area (Å²) in [7, 11) is -2.50. The monoisotopic (exact) mass is 652 g/mol. The highest BCUT2D eigenvalue weighted by Gasteiger charge is 2.39. The Morgan fingerprint density at radius 2 is 1.80 bits per heavy atom. The number of anilines is 1. The van der Waals surface area contributed by atoms with Crippen LogP contribution < -0.4 is 15.4 Å². The van der Waals surface area contributed by atoms with Crippen molar-refractivity contribution in [2.24, 2.45) is 0 Å². The van der Waals surface area contributed by atoms with Crippen LogP contribution >= 0.6 is 11.6 Å². The first-order valence-corrected chi connectivity index (χ1v) is 16.3. The number of aliphatic hydroxyl groups is 1. The first kappa shape index (κ1) is 32.5. The van der Waals surface area contributed by atoms with Gasteiger partial charge in [-0.25, -0.2) is 17.8 Å². The molecule has 2 heterocycles. The van der Waals surface area contributed by atoms with E-state index in [4.69, 9.17) is 16.3 Å². The van der Waals surface area contributed by atoms with Crippen molar-refractivity contribution < 1.29 is 27.4 Å². The molecule has 5 rings (SSSR count). The number of amides is 1. The molecule has 1 aliphatic rings. The Morgan fingerprint density at radius 3 is 2.49 bits per heavy atom. The number of piperazine rings is 1. The molecule has 1 amide bonds. The summed E-state index contributed by atoms with van der Waals surface area (Å²) in [6.45, 7) is 0.347. The van der Waals surface area contributed by atoms with E-state index in [1.807, 2.05) is 18.2 Å². The minimum Gasteiger partial charge on any atom is -0.481 e. The molecule has 3 aromatic carbocycles. The standard InChI is InChI=1S/C33H34ClFN4O5S/c1-44-32-17-12-23(19-37-32)28(22-10-13-24(34)14-11-22)18-31(40)38-30-9-5-8-29(35)27(30)16-15-25-20-36-21-33(41)39(25)45(42,43)26-6-3-2-4-7-26/h2-14,17,19,25,28,33,36,41H,15-16,18,20-21H2,1H3,(H,38,40)/t25?,28?,33-/m0/s1. The summed E-state index contributed by atoms with van der Waals surface area (Å²) in [6, 6.07) is 22.4. The summed E-state index contributed by atoms with van der Waals surface area (Å²) in [5.41, 5.74) is 2.18. The molecule has 0 radical (unpaired) electrons. The zero-order valence-corrected chi connectivity index (χ0v) is 26.1. The fraction of sp³-hybridized carbons (Fsp3) is 0.273. The van der Waals surface area contributed by atoms with Crippen molar-refractivity contribution in [3.63, 3.8) is 0 Å². The van der Waals surface area contributed by atoms with E-state index < -0.39 is 28.1 Å². The number of hydrogen-bond donors (Lipinski definition) is 3. The third-order valence-corrected chi connectivity index (χ3v) is 10.0. The van der Waals surface area contributed by atoms with E-state index in [0.29, 0.717) is 16.6 Å². The van der Waals surface area contributed by atoms with Crippen molar-refractivity contribution in [1.82, 2.24) is 14.6 Å². The van der Waals surface area contributed by atoms with Gasteiger partial charge in [-0.15, -0.1) is 0 Å². The number of nitrogens with one attached hydrogen (secondary N) is 2. The van der Waals surface area contributed by atoms with Crippen molar-refractivity contribution in [2.45, 2.75) is 42.3 Å². The van der Waals surface area contributed by atoms with Crippen LogP contribution in [-0.2, 0) is 21.2 Å². The van der Waals surface area contributed by atoms with Gasteiger partial charge in [0.1, 0.15) is 12.0 Å². The molecule has 0 spiro atoms. The van der Waals surface area contributed by atoms with E-state index in [-0.39, 0.29) is 54.6 Å². The first-order chi connectivity index (χ1) is 21.7. The molecule has 0 bridgehead atoms. The Balaban J connectivity index is 1.35. The second kappa shape index (κ2) is 14.5. The number of aliphatic hydroxyl groups excluding tert-OH is 1. The number of pyridine rings is 1. The predicted octanol–water partition coefficient (Wildman–Crippen LogP) is 4.96. The molecule has 1 aliphatic heterocycles. The average molecular weight is 653 g/mol. The number of β-amino-alcohol motifs (C(OH)–C–C–N with tert-alkyl or cyclic N) is 1. The Morgan fingerprint density at radius 1 is 1.07 bits per heavy atom. The number of carbonyl (C=O) groups excluding carboxylic acids is 1. The summed E-state index contributed by atoms with van der Waals surface area (Å²) in [5.74, 6) is -0.800. The van der Waals surface area contributed by atoms with E-state index in [0.717, 1.165) is 15.4 Å². The van der Waals surface area contributed by atoms with Crippen LogP contribution in [0, 0.1) is 5.82 Å². The smallest absolute Gasteiger partial charge is 0.245 e. The maximum absolute atomic E-state index is 15.2. The highest BCUT2D eigenvalue weighted by atomic mass is 35.5. The lowest BCUT2D eigenvalue weighted by molar-refractivity contribution is -0.116. The van der Waals surface area contributed by atoms with Crippen molar-refractivity contribution in [3.05, 3.63) is 119 Å². The van der Waals surface area contributed by atoms with Crippen molar-refractivity contribution in [2.75, 3.05) is 25.5 Å².